The predicted octanol–water partition coefficient (Wildman–Crippen LogP) is 3.55. The Morgan fingerprint density at radius 2 is 2.12 bits per heavy atom. The zero-order valence-corrected chi connectivity index (χ0v) is 18.5. The number of hydrogen-bond donors (Lipinski definition) is 2. The number of fused-ring (bicyclic) bond motifs is 1. The number of hydrogen-bond acceptors (Lipinski definition) is 7. The van der Waals surface area contributed by atoms with E-state index in [0.717, 1.165) is 31.8 Å². The highest BCUT2D eigenvalue weighted by molar-refractivity contribution is 6.04. The Labute approximate surface area is 190 Å². The number of halogens is 1. The molecule has 33 heavy (non-hydrogen) atoms. The summed E-state index contributed by atoms with van der Waals surface area (Å²) in [6.45, 7) is 3.39. The Hall–Kier alpha value is -3.69. The molecule has 0 radical (unpaired) electrons. The first-order valence-electron chi connectivity index (χ1n) is 10.7. The third-order valence-electron chi connectivity index (χ3n) is 6.23. The maximum Gasteiger partial charge on any atom is 0.335 e. The molecule has 2 aromatic rings. The maximum atomic E-state index is 15.6. The summed E-state index contributed by atoms with van der Waals surface area (Å²) in [6.07, 6.45) is 6.34. The SMILES string of the molecule is C=CC1(F)CN(C2CCCC2)c2nc(Nc3ccc(C(=O)O)cc3OC)ncc2N(C)C1=O. The summed E-state index contributed by atoms with van der Waals surface area (Å²) in [5, 5.41) is 12.3. The van der Waals surface area contributed by atoms with Crippen LogP contribution in [0.2, 0.25) is 0 Å². The lowest BCUT2D eigenvalue weighted by molar-refractivity contribution is -0.126. The van der Waals surface area contributed by atoms with E-state index >= 15 is 4.39 Å². The van der Waals surface area contributed by atoms with E-state index in [1.165, 1.54) is 37.4 Å². The molecule has 10 heteroatoms. The van der Waals surface area contributed by atoms with Crippen molar-refractivity contribution < 1.29 is 23.8 Å². The third-order valence-corrected chi connectivity index (χ3v) is 6.23. The largest absolute Gasteiger partial charge is 0.495 e. The number of carboxylic acids is 1. The molecule has 1 atom stereocenters. The highest BCUT2D eigenvalue weighted by atomic mass is 19.1. The van der Waals surface area contributed by atoms with Gasteiger partial charge >= 0.3 is 5.97 Å². The molecule has 1 aromatic heterocycles. The number of amides is 1. The van der Waals surface area contributed by atoms with Gasteiger partial charge in [-0.3, -0.25) is 4.79 Å². The number of anilines is 4. The third kappa shape index (κ3) is 4.08. The number of carbonyl (C=O) groups is 2. The van der Waals surface area contributed by atoms with Gasteiger partial charge in [0.15, 0.2) is 5.82 Å². The van der Waals surface area contributed by atoms with E-state index in [9.17, 15) is 14.7 Å². The fourth-order valence-corrected chi connectivity index (χ4v) is 4.37. The van der Waals surface area contributed by atoms with E-state index in [-0.39, 0.29) is 24.1 Å². The lowest BCUT2D eigenvalue weighted by Gasteiger charge is -2.32. The molecule has 9 nitrogen and oxygen atoms in total. The molecule has 2 N–H and O–H groups in total. The topological polar surface area (TPSA) is 108 Å². The van der Waals surface area contributed by atoms with Crippen LogP contribution in [0.4, 0.5) is 27.5 Å². The second kappa shape index (κ2) is 8.68. The van der Waals surface area contributed by atoms with Gasteiger partial charge in [-0.1, -0.05) is 19.4 Å². The number of alkyl halides is 1. The number of rotatable bonds is 6. The molecule has 1 amide bonds. The molecular formula is C23H26FN5O4. The lowest BCUT2D eigenvalue weighted by atomic mass is 10.0. The minimum atomic E-state index is -2.25. The number of carbonyl (C=O) groups excluding carboxylic acids is 1. The molecule has 0 saturated heterocycles. The van der Waals surface area contributed by atoms with Crippen molar-refractivity contribution >= 4 is 35.0 Å². The van der Waals surface area contributed by atoms with Gasteiger partial charge in [-0.05, 0) is 37.1 Å². The molecule has 1 unspecified atom stereocenters. The molecule has 0 spiro atoms. The van der Waals surface area contributed by atoms with Crippen LogP contribution in [0.1, 0.15) is 36.0 Å². The van der Waals surface area contributed by atoms with Gasteiger partial charge in [0, 0.05) is 13.1 Å². The van der Waals surface area contributed by atoms with Crippen LogP contribution < -0.4 is 19.9 Å². The van der Waals surface area contributed by atoms with E-state index in [4.69, 9.17) is 4.74 Å². The molecule has 1 aromatic carbocycles. The van der Waals surface area contributed by atoms with Gasteiger partial charge in [0.25, 0.3) is 5.91 Å². The average Bonchev–Trinajstić information content (AvgIpc) is 3.34. The fourth-order valence-electron chi connectivity index (χ4n) is 4.37. The molecule has 0 bridgehead atoms. The lowest BCUT2D eigenvalue weighted by Crippen LogP contribution is -2.49. The Morgan fingerprint density at radius 3 is 2.76 bits per heavy atom. The van der Waals surface area contributed by atoms with E-state index < -0.39 is 17.5 Å². The number of aromatic nitrogens is 2. The molecule has 1 saturated carbocycles. The average molecular weight is 455 g/mol. The molecule has 1 fully saturated rings. The molecule has 1 aliphatic heterocycles. The van der Waals surface area contributed by atoms with Crippen LogP contribution in [0.3, 0.4) is 0 Å². The van der Waals surface area contributed by atoms with Crippen molar-refractivity contribution in [1.82, 2.24) is 9.97 Å². The van der Waals surface area contributed by atoms with Gasteiger partial charge in [0.2, 0.25) is 11.6 Å². The van der Waals surface area contributed by atoms with Crippen LogP contribution in [0.5, 0.6) is 5.75 Å². The Morgan fingerprint density at radius 1 is 1.39 bits per heavy atom. The van der Waals surface area contributed by atoms with Gasteiger partial charge in [-0.25, -0.2) is 14.2 Å². The molecule has 4 rings (SSSR count). The Kier molecular flexibility index (Phi) is 5.92. The zero-order valence-electron chi connectivity index (χ0n) is 18.5. The summed E-state index contributed by atoms with van der Waals surface area (Å²) in [5.74, 6) is -0.808. The number of carboxylic acid groups (broad SMARTS) is 1. The summed E-state index contributed by atoms with van der Waals surface area (Å²) in [6, 6.07) is 4.44. The summed E-state index contributed by atoms with van der Waals surface area (Å²) in [5.41, 5.74) is -1.29. The fraction of sp³-hybridized carbons (Fsp3) is 0.391. The van der Waals surface area contributed by atoms with Crippen LogP contribution >= 0.6 is 0 Å². The van der Waals surface area contributed by atoms with E-state index in [2.05, 4.69) is 21.9 Å². The monoisotopic (exact) mass is 455 g/mol. The Balaban J connectivity index is 1.76. The van der Waals surface area contributed by atoms with Gasteiger partial charge in [0.05, 0.1) is 31.1 Å². The van der Waals surface area contributed by atoms with Crippen LogP contribution in [0.25, 0.3) is 0 Å². The van der Waals surface area contributed by atoms with Gasteiger partial charge in [-0.2, -0.15) is 4.98 Å². The summed E-state index contributed by atoms with van der Waals surface area (Å²) in [7, 11) is 2.93. The van der Waals surface area contributed by atoms with Crippen molar-refractivity contribution in [2.45, 2.75) is 37.4 Å². The highest BCUT2D eigenvalue weighted by Gasteiger charge is 2.46. The highest BCUT2D eigenvalue weighted by Crippen LogP contribution is 2.40. The maximum absolute atomic E-state index is 15.6. The molecule has 1 aliphatic carbocycles. The minimum absolute atomic E-state index is 0.0465. The van der Waals surface area contributed by atoms with Gasteiger partial charge < -0.3 is 25.0 Å². The second-order valence-electron chi connectivity index (χ2n) is 8.24. The normalized spacial score (nSPS) is 20.9. The van der Waals surface area contributed by atoms with Crippen LogP contribution in [-0.4, -0.2) is 59.4 Å². The molecule has 2 heterocycles. The number of ether oxygens (including phenoxy) is 1. The molecular weight excluding hydrogens is 429 g/mol. The van der Waals surface area contributed by atoms with Crippen molar-refractivity contribution in [2.75, 3.05) is 35.8 Å². The van der Waals surface area contributed by atoms with Crippen molar-refractivity contribution in [3.8, 4) is 5.75 Å². The Bertz CT molecular complexity index is 1100. The summed E-state index contributed by atoms with van der Waals surface area (Å²) in [4.78, 5) is 36.2. The summed E-state index contributed by atoms with van der Waals surface area (Å²) < 4.78 is 21.0. The number of nitrogens with one attached hydrogen (secondary N) is 1. The van der Waals surface area contributed by atoms with Gasteiger partial charge in [0.1, 0.15) is 11.4 Å². The van der Waals surface area contributed by atoms with E-state index in [1.807, 2.05) is 4.90 Å². The van der Waals surface area contributed by atoms with Crippen molar-refractivity contribution in [1.29, 1.82) is 0 Å². The van der Waals surface area contributed by atoms with Crippen LogP contribution in [0.15, 0.2) is 37.1 Å². The summed E-state index contributed by atoms with van der Waals surface area (Å²) >= 11 is 0. The molecule has 2 aliphatic rings. The first-order valence-corrected chi connectivity index (χ1v) is 10.7. The quantitative estimate of drug-likeness (QED) is 0.637. The van der Waals surface area contributed by atoms with E-state index in [1.54, 1.807) is 6.07 Å². The first kappa shape index (κ1) is 22.5. The number of benzene rings is 1. The number of methoxy groups -OCH3 is 1. The minimum Gasteiger partial charge on any atom is -0.495 e. The number of nitrogens with zero attached hydrogens (tertiary/aromatic N) is 4. The van der Waals surface area contributed by atoms with Crippen molar-refractivity contribution in [3.63, 3.8) is 0 Å². The smallest absolute Gasteiger partial charge is 0.335 e. The van der Waals surface area contributed by atoms with Crippen molar-refractivity contribution in [3.05, 3.63) is 42.6 Å². The van der Waals surface area contributed by atoms with Crippen molar-refractivity contribution in [2.24, 2.45) is 0 Å². The standard InChI is InChI=1S/C23H26FN5O4/c1-4-23(24)13-29(15-7-5-6-8-15)19-17(28(2)21(23)32)12-25-22(27-19)26-16-10-9-14(20(30)31)11-18(16)33-3/h4,9-12,15H,1,5-8,13H2,2-3H3,(H,30,31)(H,25,26,27). The zero-order chi connectivity index (χ0) is 23.8. The molecule has 174 valence electrons. The van der Waals surface area contributed by atoms with E-state index in [0.29, 0.717) is 22.9 Å². The van der Waals surface area contributed by atoms with Crippen LogP contribution in [-0.2, 0) is 4.79 Å². The van der Waals surface area contributed by atoms with Gasteiger partial charge in [-0.15, -0.1) is 0 Å². The second-order valence-corrected chi connectivity index (χ2v) is 8.24. The van der Waals surface area contributed by atoms with Crippen LogP contribution in [0, 0.1) is 0 Å². The first-order chi connectivity index (χ1) is 15.8. The predicted molar refractivity (Wildman–Crippen MR) is 122 cm³/mol. The number of aromatic carboxylic acids is 1.